The van der Waals surface area contributed by atoms with Gasteiger partial charge in [0.2, 0.25) is 0 Å². The summed E-state index contributed by atoms with van der Waals surface area (Å²) in [5.74, 6) is -0.253. The SMILES string of the molecule is O=C(Nc1cccc(CCCO)c1)c1ncccc1Br. The topological polar surface area (TPSA) is 62.2 Å². The fraction of sp³-hybridized carbons (Fsp3) is 0.200. The summed E-state index contributed by atoms with van der Waals surface area (Å²) in [7, 11) is 0. The second kappa shape index (κ2) is 7.17. The first kappa shape index (κ1) is 14.7. The summed E-state index contributed by atoms with van der Waals surface area (Å²) in [5.41, 5.74) is 2.16. The number of aliphatic hydroxyl groups is 1. The summed E-state index contributed by atoms with van der Waals surface area (Å²) in [6.07, 6.45) is 3.08. The van der Waals surface area contributed by atoms with Gasteiger partial charge in [0, 0.05) is 23.0 Å². The molecule has 4 nitrogen and oxygen atoms in total. The van der Waals surface area contributed by atoms with Gasteiger partial charge in [-0.1, -0.05) is 12.1 Å². The lowest BCUT2D eigenvalue weighted by Crippen LogP contribution is -2.14. The average Bonchev–Trinajstić information content (AvgIpc) is 2.46. The number of carbonyl (C=O) groups excluding carboxylic acids is 1. The summed E-state index contributed by atoms with van der Waals surface area (Å²) in [6, 6.07) is 11.1. The molecule has 0 atom stereocenters. The first-order chi connectivity index (χ1) is 9.70. The van der Waals surface area contributed by atoms with Gasteiger partial charge < -0.3 is 10.4 Å². The van der Waals surface area contributed by atoms with E-state index in [0.717, 1.165) is 17.7 Å². The maximum absolute atomic E-state index is 12.1. The molecule has 2 aromatic rings. The van der Waals surface area contributed by atoms with E-state index < -0.39 is 0 Å². The van der Waals surface area contributed by atoms with E-state index >= 15 is 0 Å². The number of aryl methyl sites for hydroxylation is 1. The minimum absolute atomic E-state index is 0.164. The maximum Gasteiger partial charge on any atom is 0.275 e. The van der Waals surface area contributed by atoms with Crippen molar-refractivity contribution in [3.8, 4) is 0 Å². The first-order valence-corrected chi connectivity index (χ1v) is 7.11. The first-order valence-electron chi connectivity index (χ1n) is 6.32. The van der Waals surface area contributed by atoms with Gasteiger partial charge in [-0.2, -0.15) is 0 Å². The van der Waals surface area contributed by atoms with Crippen LogP contribution in [0.4, 0.5) is 5.69 Å². The molecule has 0 aliphatic rings. The third-order valence-electron chi connectivity index (χ3n) is 2.78. The van der Waals surface area contributed by atoms with Gasteiger partial charge in [-0.05, 0) is 58.6 Å². The number of aliphatic hydroxyl groups excluding tert-OH is 1. The molecule has 0 saturated carbocycles. The van der Waals surface area contributed by atoms with E-state index in [1.807, 2.05) is 24.3 Å². The molecule has 2 rings (SSSR count). The fourth-order valence-corrected chi connectivity index (χ4v) is 2.27. The summed E-state index contributed by atoms with van der Waals surface area (Å²) in [5, 5.41) is 11.7. The van der Waals surface area contributed by atoms with Crippen LogP contribution in [0.1, 0.15) is 22.5 Å². The van der Waals surface area contributed by atoms with Gasteiger partial charge in [-0.3, -0.25) is 4.79 Å². The molecular formula is C15H15BrN2O2. The van der Waals surface area contributed by atoms with Crippen LogP contribution in [0.5, 0.6) is 0 Å². The van der Waals surface area contributed by atoms with Crippen LogP contribution in [0.2, 0.25) is 0 Å². The van der Waals surface area contributed by atoms with E-state index in [2.05, 4.69) is 26.2 Å². The molecular weight excluding hydrogens is 320 g/mol. The number of benzene rings is 1. The maximum atomic E-state index is 12.1. The third kappa shape index (κ3) is 3.88. The Morgan fingerprint density at radius 1 is 1.30 bits per heavy atom. The number of anilines is 1. The van der Waals surface area contributed by atoms with Crippen molar-refractivity contribution in [2.24, 2.45) is 0 Å². The van der Waals surface area contributed by atoms with Crippen LogP contribution in [0.3, 0.4) is 0 Å². The van der Waals surface area contributed by atoms with Crippen LogP contribution in [-0.4, -0.2) is 22.6 Å². The highest BCUT2D eigenvalue weighted by molar-refractivity contribution is 9.10. The molecule has 2 N–H and O–H groups in total. The molecule has 1 amide bonds. The van der Waals surface area contributed by atoms with E-state index in [1.54, 1.807) is 18.3 Å². The second-order valence-electron chi connectivity index (χ2n) is 4.32. The van der Waals surface area contributed by atoms with Crippen molar-refractivity contribution in [2.75, 3.05) is 11.9 Å². The van der Waals surface area contributed by atoms with E-state index in [4.69, 9.17) is 5.11 Å². The van der Waals surface area contributed by atoms with Crippen LogP contribution in [-0.2, 0) is 6.42 Å². The zero-order valence-electron chi connectivity index (χ0n) is 10.8. The van der Waals surface area contributed by atoms with Gasteiger partial charge in [0.15, 0.2) is 0 Å². The van der Waals surface area contributed by atoms with Gasteiger partial charge in [-0.25, -0.2) is 4.98 Å². The molecule has 20 heavy (non-hydrogen) atoms. The van der Waals surface area contributed by atoms with Crippen LogP contribution in [0.15, 0.2) is 47.1 Å². The van der Waals surface area contributed by atoms with E-state index in [-0.39, 0.29) is 12.5 Å². The number of halogens is 1. The minimum Gasteiger partial charge on any atom is -0.396 e. The zero-order chi connectivity index (χ0) is 14.4. The van der Waals surface area contributed by atoms with Crippen molar-refractivity contribution >= 4 is 27.5 Å². The highest BCUT2D eigenvalue weighted by atomic mass is 79.9. The van der Waals surface area contributed by atoms with Crippen molar-refractivity contribution < 1.29 is 9.90 Å². The Morgan fingerprint density at radius 2 is 2.15 bits per heavy atom. The van der Waals surface area contributed by atoms with Crippen molar-refractivity contribution in [2.45, 2.75) is 12.8 Å². The summed E-state index contributed by atoms with van der Waals surface area (Å²) in [4.78, 5) is 16.2. The lowest BCUT2D eigenvalue weighted by atomic mass is 10.1. The van der Waals surface area contributed by atoms with Crippen molar-refractivity contribution in [3.63, 3.8) is 0 Å². The van der Waals surface area contributed by atoms with Crippen LogP contribution >= 0.6 is 15.9 Å². The van der Waals surface area contributed by atoms with Crippen LogP contribution in [0, 0.1) is 0 Å². The largest absolute Gasteiger partial charge is 0.396 e. The summed E-state index contributed by atoms with van der Waals surface area (Å²) < 4.78 is 0.661. The standard InChI is InChI=1S/C15H15BrN2O2/c16-13-7-2-8-17-14(13)15(20)18-12-6-1-4-11(10-12)5-3-9-19/h1-2,4,6-8,10,19H,3,5,9H2,(H,18,20). The summed E-state index contributed by atoms with van der Waals surface area (Å²) >= 11 is 3.31. The highest BCUT2D eigenvalue weighted by Crippen LogP contribution is 2.17. The normalized spacial score (nSPS) is 10.3. The lowest BCUT2D eigenvalue weighted by Gasteiger charge is -2.07. The van der Waals surface area contributed by atoms with E-state index in [9.17, 15) is 4.79 Å². The smallest absolute Gasteiger partial charge is 0.275 e. The molecule has 0 aliphatic heterocycles. The molecule has 1 aromatic carbocycles. The number of nitrogens with zero attached hydrogens (tertiary/aromatic N) is 1. The predicted octanol–water partition coefficient (Wildman–Crippen LogP) is 3.02. The Morgan fingerprint density at radius 3 is 2.90 bits per heavy atom. The number of hydrogen-bond donors (Lipinski definition) is 2. The molecule has 0 spiro atoms. The molecule has 0 fully saturated rings. The fourth-order valence-electron chi connectivity index (χ4n) is 1.83. The molecule has 5 heteroatoms. The Bertz CT molecular complexity index is 602. The van der Waals surface area contributed by atoms with Gasteiger partial charge in [0.05, 0.1) is 0 Å². The average molecular weight is 335 g/mol. The number of pyridine rings is 1. The molecule has 0 saturated heterocycles. The van der Waals surface area contributed by atoms with E-state index in [1.165, 1.54) is 0 Å². The van der Waals surface area contributed by atoms with Crippen molar-refractivity contribution in [3.05, 3.63) is 58.3 Å². The third-order valence-corrected chi connectivity index (χ3v) is 3.42. The molecule has 1 heterocycles. The Hall–Kier alpha value is -1.72. The number of nitrogens with one attached hydrogen (secondary N) is 1. The zero-order valence-corrected chi connectivity index (χ0v) is 12.4. The molecule has 0 bridgehead atoms. The lowest BCUT2D eigenvalue weighted by molar-refractivity contribution is 0.102. The predicted molar refractivity (Wildman–Crippen MR) is 81.7 cm³/mol. The van der Waals surface area contributed by atoms with Crippen molar-refractivity contribution in [1.29, 1.82) is 0 Å². The number of hydrogen-bond acceptors (Lipinski definition) is 3. The van der Waals surface area contributed by atoms with Crippen molar-refractivity contribution in [1.82, 2.24) is 4.98 Å². The Kier molecular flexibility index (Phi) is 5.26. The molecule has 0 aliphatic carbocycles. The molecule has 104 valence electrons. The number of aromatic nitrogens is 1. The van der Waals surface area contributed by atoms with Gasteiger partial charge in [0.25, 0.3) is 5.91 Å². The number of carbonyl (C=O) groups is 1. The quantitative estimate of drug-likeness (QED) is 0.883. The minimum atomic E-state index is -0.253. The Labute approximate surface area is 126 Å². The van der Waals surface area contributed by atoms with Gasteiger partial charge >= 0.3 is 0 Å². The number of amides is 1. The molecule has 1 aromatic heterocycles. The monoisotopic (exact) mass is 334 g/mol. The second-order valence-corrected chi connectivity index (χ2v) is 5.17. The molecule has 0 radical (unpaired) electrons. The molecule has 0 unspecified atom stereocenters. The van der Waals surface area contributed by atoms with Crippen LogP contribution < -0.4 is 5.32 Å². The van der Waals surface area contributed by atoms with Gasteiger partial charge in [-0.15, -0.1) is 0 Å². The van der Waals surface area contributed by atoms with Gasteiger partial charge in [0.1, 0.15) is 5.69 Å². The number of rotatable bonds is 5. The van der Waals surface area contributed by atoms with Crippen LogP contribution in [0.25, 0.3) is 0 Å². The highest BCUT2D eigenvalue weighted by Gasteiger charge is 2.11. The van der Waals surface area contributed by atoms with E-state index in [0.29, 0.717) is 16.6 Å². The Balaban J connectivity index is 2.10. The summed E-state index contributed by atoms with van der Waals surface area (Å²) in [6.45, 7) is 0.164.